The highest BCUT2D eigenvalue weighted by Crippen LogP contribution is 2.45. The van der Waals surface area contributed by atoms with Gasteiger partial charge in [-0.15, -0.1) is 0 Å². The minimum Gasteiger partial charge on any atom is -0.508 e. The second-order valence-corrected chi connectivity index (χ2v) is 8.15. The number of ketones is 1. The van der Waals surface area contributed by atoms with Crippen LogP contribution in [-0.4, -0.2) is 37.2 Å². The zero-order valence-corrected chi connectivity index (χ0v) is 18.3. The van der Waals surface area contributed by atoms with Crippen molar-refractivity contribution in [3.8, 4) is 5.75 Å². The number of phenols is 1. The van der Waals surface area contributed by atoms with E-state index in [1.165, 1.54) is 0 Å². The summed E-state index contributed by atoms with van der Waals surface area (Å²) in [7, 11) is 1.54. The minimum atomic E-state index is -0.550. The van der Waals surface area contributed by atoms with E-state index >= 15 is 0 Å². The van der Waals surface area contributed by atoms with Crippen molar-refractivity contribution in [2.24, 2.45) is 0 Å². The summed E-state index contributed by atoms with van der Waals surface area (Å²) >= 11 is 0. The molecular weight excluding hydrogens is 406 g/mol. The van der Waals surface area contributed by atoms with E-state index in [9.17, 15) is 14.7 Å². The molecule has 32 heavy (non-hydrogen) atoms. The summed E-state index contributed by atoms with van der Waals surface area (Å²) in [5.41, 5.74) is 4.43. The van der Waals surface area contributed by atoms with E-state index in [0.29, 0.717) is 36.3 Å². The first kappa shape index (κ1) is 21.8. The summed E-state index contributed by atoms with van der Waals surface area (Å²) in [4.78, 5) is 26.5. The minimum absolute atomic E-state index is 0.0142. The molecule has 166 valence electrons. The van der Waals surface area contributed by atoms with Crippen LogP contribution in [0.5, 0.6) is 5.75 Å². The fourth-order valence-electron chi connectivity index (χ4n) is 4.57. The zero-order chi connectivity index (χ0) is 22.7. The molecule has 1 heterocycles. The average Bonchev–Trinajstić information content (AvgIpc) is 2.79. The Balaban J connectivity index is 1.74. The Morgan fingerprint density at radius 1 is 1.03 bits per heavy atom. The van der Waals surface area contributed by atoms with E-state index < -0.39 is 11.9 Å². The lowest BCUT2D eigenvalue weighted by atomic mass is 9.72. The maximum absolute atomic E-state index is 13.5. The van der Waals surface area contributed by atoms with Crippen LogP contribution >= 0.6 is 0 Å². The number of methoxy groups -OCH3 is 1. The third kappa shape index (κ3) is 4.32. The Hall–Kier alpha value is -3.38. The third-order valence-corrected chi connectivity index (χ3v) is 6.07. The maximum Gasteiger partial charge on any atom is 0.336 e. The summed E-state index contributed by atoms with van der Waals surface area (Å²) < 4.78 is 10.4. The van der Waals surface area contributed by atoms with Crippen LogP contribution in [0.2, 0.25) is 0 Å². The summed E-state index contributed by atoms with van der Waals surface area (Å²) in [6.07, 6.45) is 1.06. The number of ether oxygens (including phenoxy) is 2. The summed E-state index contributed by atoms with van der Waals surface area (Å²) in [6.45, 7) is 2.26. The van der Waals surface area contributed by atoms with Crippen molar-refractivity contribution in [1.29, 1.82) is 0 Å². The largest absolute Gasteiger partial charge is 0.508 e. The number of carbonyl (C=O) groups excluding carboxylic acids is 2. The van der Waals surface area contributed by atoms with Gasteiger partial charge in [-0.2, -0.15) is 0 Å². The predicted molar refractivity (Wildman–Crippen MR) is 120 cm³/mol. The second-order valence-electron chi connectivity index (χ2n) is 8.15. The van der Waals surface area contributed by atoms with E-state index in [1.807, 2.05) is 37.3 Å². The highest BCUT2D eigenvalue weighted by atomic mass is 16.6. The lowest BCUT2D eigenvalue weighted by Crippen LogP contribution is -2.36. The number of aromatic hydroxyl groups is 1. The van der Waals surface area contributed by atoms with Crippen LogP contribution in [-0.2, 0) is 19.1 Å². The molecular formula is C26H27NO5. The van der Waals surface area contributed by atoms with Gasteiger partial charge >= 0.3 is 5.97 Å². The predicted octanol–water partition coefficient (Wildman–Crippen LogP) is 3.94. The summed E-state index contributed by atoms with van der Waals surface area (Å²) in [5, 5.41) is 13.1. The molecule has 0 fully saturated rings. The van der Waals surface area contributed by atoms with Crippen LogP contribution in [0, 0.1) is 0 Å². The van der Waals surface area contributed by atoms with Crippen LogP contribution in [0.15, 0.2) is 77.1 Å². The van der Waals surface area contributed by atoms with Gasteiger partial charge in [-0.05, 0) is 42.5 Å². The number of allylic oxidation sites excluding steroid dienone is 3. The molecule has 2 aromatic carbocycles. The molecule has 2 aliphatic rings. The number of hydrogen-bond acceptors (Lipinski definition) is 6. The van der Waals surface area contributed by atoms with Gasteiger partial charge in [0.15, 0.2) is 5.78 Å². The molecule has 0 radical (unpaired) electrons. The number of esters is 1. The van der Waals surface area contributed by atoms with E-state index in [0.717, 1.165) is 16.8 Å². The number of phenolic OH excluding ortho intramolecular Hbond substituents is 1. The molecule has 0 aromatic heterocycles. The van der Waals surface area contributed by atoms with Crippen LogP contribution in [0.1, 0.15) is 42.7 Å². The van der Waals surface area contributed by atoms with Crippen LogP contribution in [0.4, 0.5) is 0 Å². The SMILES string of the molecule is COCCOC(=O)C1=C(C)NC2=C(C(=O)C[C@H](c3ccccc3)C2)[C@H]1c1ccc(O)cc1. The Morgan fingerprint density at radius 3 is 2.44 bits per heavy atom. The molecule has 4 rings (SSSR count). The summed E-state index contributed by atoms with van der Waals surface area (Å²) in [6, 6.07) is 16.7. The van der Waals surface area contributed by atoms with Gasteiger partial charge in [0.05, 0.1) is 12.2 Å². The van der Waals surface area contributed by atoms with Crippen molar-refractivity contribution in [2.75, 3.05) is 20.3 Å². The molecule has 0 saturated carbocycles. The normalized spacial score (nSPS) is 20.6. The highest BCUT2D eigenvalue weighted by Gasteiger charge is 2.41. The van der Waals surface area contributed by atoms with Crippen molar-refractivity contribution in [3.63, 3.8) is 0 Å². The standard InChI is InChI=1S/C26H27NO5/c1-16-23(26(30)32-13-12-31-2)24(18-8-10-20(28)11-9-18)25-21(27-16)14-19(15-22(25)29)17-6-4-3-5-7-17/h3-11,19,24,27-28H,12-15H2,1-2H3/t19-,24+/m1/s1. The third-order valence-electron chi connectivity index (χ3n) is 6.07. The van der Waals surface area contributed by atoms with Gasteiger partial charge in [-0.3, -0.25) is 4.79 Å². The maximum atomic E-state index is 13.5. The number of nitrogens with one attached hydrogen (secondary N) is 1. The molecule has 6 nitrogen and oxygen atoms in total. The topological polar surface area (TPSA) is 84.9 Å². The lowest BCUT2D eigenvalue weighted by molar-refractivity contribution is -0.140. The molecule has 0 amide bonds. The summed E-state index contributed by atoms with van der Waals surface area (Å²) in [5.74, 6) is -0.805. The van der Waals surface area contributed by atoms with Crippen molar-refractivity contribution in [2.45, 2.75) is 31.6 Å². The Morgan fingerprint density at radius 2 is 1.75 bits per heavy atom. The molecule has 1 aliphatic heterocycles. The van der Waals surface area contributed by atoms with E-state index in [1.54, 1.807) is 31.4 Å². The molecule has 2 aromatic rings. The molecule has 6 heteroatoms. The molecule has 0 spiro atoms. The van der Waals surface area contributed by atoms with Crippen molar-refractivity contribution < 1.29 is 24.2 Å². The van der Waals surface area contributed by atoms with Crippen LogP contribution in [0.3, 0.4) is 0 Å². The smallest absolute Gasteiger partial charge is 0.336 e. The first-order valence-electron chi connectivity index (χ1n) is 10.7. The van der Waals surface area contributed by atoms with Gasteiger partial charge in [-0.1, -0.05) is 42.5 Å². The Labute approximate surface area is 187 Å². The van der Waals surface area contributed by atoms with Crippen molar-refractivity contribution in [3.05, 3.63) is 88.3 Å². The quantitative estimate of drug-likeness (QED) is 0.530. The van der Waals surface area contributed by atoms with Gasteiger partial charge in [-0.25, -0.2) is 4.79 Å². The van der Waals surface area contributed by atoms with E-state index in [4.69, 9.17) is 9.47 Å². The molecule has 1 aliphatic carbocycles. The second kappa shape index (κ2) is 9.40. The molecule has 0 unspecified atom stereocenters. The van der Waals surface area contributed by atoms with Gasteiger partial charge < -0.3 is 19.9 Å². The van der Waals surface area contributed by atoms with Gasteiger partial charge in [0.25, 0.3) is 0 Å². The van der Waals surface area contributed by atoms with Crippen molar-refractivity contribution >= 4 is 11.8 Å². The van der Waals surface area contributed by atoms with E-state index in [2.05, 4.69) is 5.32 Å². The number of carbonyl (C=O) groups is 2. The molecule has 2 N–H and O–H groups in total. The highest BCUT2D eigenvalue weighted by molar-refractivity contribution is 6.04. The number of Topliss-reactive ketones (excluding diaryl/α,β-unsaturated/α-hetero) is 1. The molecule has 0 saturated heterocycles. The fraction of sp³-hybridized carbons (Fsp3) is 0.308. The average molecular weight is 434 g/mol. The Kier molecular flexibility index (Phi) is 6.42. The number of benzene rings is 2. The first-order valence-corrected chi connectivity index (χ1v) is 10.7. The van der Waals surface area contributed by atoms with Crippen LogP contribution in [0.25, 0.3) is 0 Å². The lowest BCUT2D eigenvalue weighted by Gasteiger charge is -2.36. The monoisotopic (exact) mass is 433 g/mol. The first-order chi connectivity index (χ1) is 15.5. The van der Waals surface area contributed by atoms with E-state index in [-0.39, 0.29) is 24.1 Å². The van der Waals surface area contributed by atoms with Crippen LogP contribution < -0.4 is 5.32 Å². The molecule has 2 atom stereocenters. The number of dihydropyridines is 1. The zero-order valence-electron chi connectivity index (χ0n) is 18.3. The molecule has 0 bridgehead atoms. The fourth-order valence-corrected chi connectivity index (χ4v) is 4.57. The van der Waals surface area contributed by atoms with Gasteiger partial charge in [0.2, 0.25) is 0 Å². The number of hydrogen-bond donors (Lipinski definition) is 2. The van der Waals surface area contributed by atoms with Gasteiger partial charge in [0.1, 0.15) is 12.4 Å². The van der Waals surface area contributed by atoms with Crippen molar-refractivity contribution in [1.82, 2.24) is 5.32 Å². The van der Waals surface area contributed by atoms with Gasteiger partial charge in [0, 0.05) is 36.4 Å². The Bertz CT molecular complexity index is 1070. The number of rotatable bonds is 6.